The van der Waals surface area contributed by atoms with Gasteiger partial charge in [0, 0.05) is 25.8 Å². The van der Waals surface area contributed by atoms with Crippen molar-refractivity contribution in [2.45, 2.75) is 45.6 Å². The van der Waals surface area contributed by atoms with Crippen molar-refractivity contribution < 1.29 is 9.90 Å². The Kier molecular flexibility index (Phi) is 6.19. The number of aliphatic hydroxyl groups is 1. The lowest BCUT2D eigenvalue weighted by molar-refractivity contribution is 0.0871. The molecule has 22 heavy (non-hydrogen) atoms. The monoisotopic (exact) mass is 305 g/mol. The second kappa shape index (κ2) is 8.13. The van der Waals surface area contributed by atoms with Crippen LogP contribution in [0.3, 0.4) is 0 Å². The third-order valence-corrected chi connectivity index (χ3v) is 4.18. The minimum absolute atomic E-state index is 0.129. The molecule has 2 heterocycles. The van der Waals surface area contributed by atoms with E-state index in [9.17, 15) is 9.90 Å². The maximum Gasteiger partial charge on any atom is 0.252 e. The summed E-state index contributed by atoms with van der Waals surface area (Å²) in [7, 11) is 0. The van der Waals surface area contributed by atoms with Crippen LogP contribution in [0, 0.1) is 5.92 Å². The zero-order valence-electron chi connectivity index (χ0n) is 13.6. The van der Waals surface area contributed by atoms with Gasteiger partial charge in [0.05, 0.1) is 11.7 Å². The largest absolute Gasteiger partial charge is 0.391 e. The zero-order chi connectivity index (χ0) is 15.9. The minimum Gasteiger partial charge on any atom is -0.391 e. The van der Waals surface area contributed by atoms with Crippen LogP contribution in [0.25, 0.3) is 0 Å². The first-order chi connectivity index (χ1) is 10.6. The summed E-state index contributed by atoms with van der Waals surface area (Å²) >= 11 is 0. The van der Waals surface area contributed by atoms with Crippen LogP contribution >= 0.6 is 0 Å². The van der Waals surface area contributed by atoms with Gasteiger partial charge in [-0.15, -0.1) is 0 Å². The molecule has 0 aliphatic carbocycles. The van der Waals surface area contributed by atoms with Crippen LogP contribution in [0.2, 0.25) is 0 Å². The number of anilines is 1. The highest BCUT2D eigenvalue weighted by Crippen LogP contribution is 2.17. The van der Waals surface area contributed by atoms with Crippen LogP contribution < -0.4 is 10.2 Å². The number of carbonyl (C=O) groups is 1. The van der Waals surface area contributed by atoms with E-state index in [1.807, 2.05) is 26.0 Å². The number of hydrogen-bond donors (Lipinski definition) is 2. The molecule has 5 heteroatoms. The Morgan fingerprint density at radius 3 is 2.50 bits per heavy atom. The first kappa shape index (κ1) is 16.7. The fourth-order valence-corrected chi connectivity index (χ4v) is 2.54. The second-order valence-corrected chi connectivity index (χ2v) is 6.33. The Balaban J connectivity index is 1.91. The maximum absolute atomic E-state index is 12.0. The van der Waals surface area contributed by atoms with Gasteiger partial charge in [0.2, 0.25) is 0 Å². The quantitative estimate of drug-likeness (QED) is 0.875. The highest BCUT2D eigenvalue weighted by Gasteiger charge is 2.14. The smallest absolute Gasteiger partial charge is 0.252 e. The fourth-order valence-electron chi connectivity index (χ4n) is 2.54. The predicted octanol–water partition coefficient (Wildman–Crippen LogP) is 2.21. The van der Waals surface area contributed by atoms with Crippen LogP contribution in [0.4, 0.5) is 5.82 Å². The van der Waals surface area contributed by atoms with Crippen molar-refractivity contribution in [3.63, 3.8) is 0 Å². The van der Waals surface area contributed by atoms with Crippen LogP contribution in [0.1, 0.15) is 49.9 Å². The van der Waals surface area contributed by atoms with E-state index in [0.717, 1.165) is 18.9 Å². The van der Waals surface area contributed by atoms with Crippen LogP contribution in [0.15, 0.2) is 18.3 Å². The molecule has 0 saturated carbocycles. The summed E-state index contributed by atoms with van der Waals surface area (Å²) in [4.78, 5) is 18.8. The van der Waals surface area contributed by atoms with Crippen molar-refractivity contribution in [3.8, 4) is 0 Å². The number of nitrogens with zero attached hydrogens (tertiary/aromatic N) is 2. The van der Waals surface area contributed by atoms with E-state index in [1.165, 1.54) is 25.7 Å². The lowest BCUT2D eigenvalue weighted by Gasteiger charge is -2.21. The van der Waals surface area contributed by atoms with E-state index in [1.54, 1.807) is 6.20 Å². The van der Waals surface area contributed by atoms with Crippen molar-refractivity contribution in [2.75, 3.05) is 24.5 Å². The van der Waals surface area contributed by atoms with E-state index < -0.39 is 6.10 Å². The number of rotatable bonds is 5. The van der Waals surface area contributed by atoms with Gasteiger partial charge in [0.25, 0.3) is 5.91 Å². The van der Waals surface area contributed by atoms with Gasteiger partial charge in [-0.05, 0) is 30.9 Å². The lowest BCUT2D eigenvalue weighted by Crippen LogP contribution is -2.34. The molecule has 0 spiro atoms. The molecule has 1 aromatic heterocycles. The maximum atomic E-state index is 12.0. The molecule has 1 aliphatic rings. The van der Waals surface area contributed by atoms with Crippen LogP contribution in [0.5, 0.6) is 0 Å². The average molecular weight is 305 g/mol. The molecule has 2 N–H and O–H groups in total. The molecule has 1 amide bonds. The molecule has 1 unspecified atom stereocenters. The van der Waals surface area contributed by atoms with Crippen molar-refractivity contribution in [1.29, 1.82) is 0 Å². The topological polar surface area (TPSA) is 65.5 Å². The van der Waals surface area contributed by atoms with Gasteiger partial charge in [-0.2, -0.15) is 0 Å². The molecule has 0 aromatic carbocycles. The Labute approximate surface area is 132 Å². The predicted molar refractivity (Wildman–Crippen MR) is 88.1 cm³/mol. The average Bonchev–Trinajstić information content (AvgIpc) is 2.81. The van der Waals surface area contributed by atoms with Gasteiger partial charge in [-0.25, -0.2) is 4.98 Å². The number of carbonyl (C=O) groups excluding carboxylic acids is 1. The number of pyridine rings is 1. The molecule has 2 rings (SSSR count). The molecule has 1 atom stereocenters. The van der Waals surface area contributed by atoms with Gasteiger partial charge < -0.3 is 15.3 Å². The lowest BCUT2D eigenvalue weighted by atomic mass is 10.1. The number of nitrogens with one attached hydrogen (secondary N) is 1. The van der Waals surface area contributed by atoms with E-state index >= 15 is 0 Å². The molecule has 0 bridgehead atoms. The molecule has 1 saturated heterocycles. The highest BCUT2D eigenvalue weighted by molar-refractivity contribution is 5.94. The van der Waals surface area contributed by atoms with Crippen molar-refractivity contribution in [2.24, 2.45) is 5.92 Å². The Bertz CT molecular complexity index is 465. The van der Waals surface area contributed by atoms with E-state index in [4.69, 9.17) is 0 Å². The Morgan fingerprint density at radius 2 is 1.95 bits per heavy atom. The molecule has 5 nitrogen and oxygen atoms in total. The highest BCUT2D eigenvalue weighted by atomic mass is 16.3. The second-order valence-electron chi connectivity index (χ2n) is 6.33. The minimum atomic E-state index is -0.520. The SMILES string of the molecule is CC(C)C(O)CNC(=O)c1ccc(N2CCCCCC2)nc1. The van der Waals surface area contributed by atoms with Gasteiger partial charge in [-0.1, -0.05) is 26.7 Å². The summed E-state index contributed by atoms with van der Waals surface area (Å²) in [6.45, 7) is 6.20. The van der Waals surface area contributed by atoms with Gasteiger partial charge in [0.1, 0.15) is 5.82 Å². The Hall–Kier alpha value is -1.62. The van der Waals surface area contributed by atoms with E-state index in [0.29, 0.717) is 5.56 Å². The Morgan fingerprint density at radius 1 is 1.27 bits per heavy atom. The molecule has 122 valence electrons. The van der Waals surface area contributed by atoms with Crippen molar-refractivity contribution >= 4 is 11.7 Å². The van der Waals surface area contributed by atoms with Gasteiger partial charge in [-0.3, -0.25) is 4.79 Å². The molecule has 1 aromatic rings. The molecular weight excluding hydrogens is 278 g/mol. The number of hydrogen-bond acceptors (Lipinski definition) is 4. The molecular formula is C17H27N3O2. The standard InChI is InChI=1S/C17H27N3O2/c1-13(2)15(21)12-19-17(22)14-7-8-16(18-11-14)20-9-5-3-4-6-10-20/h7-8,11,13,15,21H,3-6,9-10,12H2,1-2H3,(H,19,22). The number of amides is 1. The third kappa shape index (κ3) is 4.70. The van der Waals surface area contributed by atoms with Gasteiger partial charge >= 0.3 is 0 Å². The van der Waals surface area contributed by atoms with E-state index in [2.05, 4.69) is 15.2 Å². The normalized spacial score (nSPS) is 17.2. The van der Waals surface area contributed by atoms with Crippen molar-refractivity contribution in [3.05, 3.63) is 23.9 Å². The molecule has 1 fully saturated rings. The first-order valence-electron chi connectivity index (χ1n) is 8.25. The van der Waals surface area contributed by atoms with Crippen molar-refractivity contribution in [1.82, 2.24) is 10.3 Å². The summed E-state index contributed by atoms with van der Waals surface area (Å²) in [5.41, 5.74) is 0.537. The summed E-state index contributed by atoms with van der Waals surface area (Å²) < 4.78 is 0. The molecule has 1 aliphatic heterocycles. The third-order valence-electron chi connectivity index (χ3n) is 4.18. The fraction of sp³-hybridized carbons (Fsp3) is 0.647. The summed E-state index contributed by atoms with van der Waals surface area (Å²) in [6, 6.07) is 3.73. The van der Waals surface area contributed by atoms with E-state index in [-0.39, 0.29) is 18.4 Å². The first-order valence-corrected chi connectivity index (χ1v) is 8.25. The van der Waals surface area contributed by atoms with Crippen LogP contribution in [-0.2, 0) is 0 Å². The van der Waals surface area contributed by atoms with Gasteiger partial charge in [0.15, 0.2) is 0 Å². The summed E-state index contributed by atoms with van der Waals surface area (Å²) in [6.07, 6.45) is 6.09. The molecule has 0 radical (unpaired) electrons. The number of aliphatic hydroxyl groups excluding tert-OH is 1. The number of aromatic nitrogens is 1. The zero-order valence-corrected chi connectivity index (χ0v) is 13.6. The summed E-state index contributed by atoms with van der Waals surface area (Å²) in [5.74, 6) is 0.888. The summed E-state index contributed by atoms with van der Waals surface area (Å²) in [5, 5.41) is 12.5. The van der Waals surface area contributed by atoms with Crippen LogP contribution in [-0.4, -0.2) is 41.7 Å².